The maximum absolute atomic E-state index is 10.4. The molecule has 0 fully saturated rings. The standard InChI is InChI=1S/C17H22N4O2/c1-19(2)9-10-20-13-6-3-4-7-14(13)21(17(20)18)12-15(22)16-8-5-11-23-16/h3-8,11,15,18,22H,9-10,12H2,1-2H3/t15-/m0/s1. The van der Waals surface area contributed by atoms with Crippen LogP contribution in [-0.4, -0.2) is 39.8 Å². The lowest BCUT2D eigenvalue weighted by molar-refractivity contribution is 0.129. The maximum Gasteiger partial charge on any atom is 0.203 e. The average molecular weight is 314 g/mol. The SMILES string of the molecule is CN(C)CCn1c(=N)n(C[C@H](O)c2ccco2)c2ccccc21. The van der Waals surface area contributed by atoms with Crippen LogP contribution in [0.25, 0.3) is 11.0 Å². The van der Waals surface area contributed by atoms with Gasteiger partial charge in [0.1, 0.15) is 11.9 Å². The molecule has 0 saturated heterocycles. The fourth-order valence-electron chi connectivity index (χ4n) is 2.75. The van der Waals surface area contributed by atoms with Gasteiger partial charge in [-0.15, -0.1) is 0 Å². The van der Waals surface area contributed by atoms with Gasteiger partial charge in [-0.05, 0) is 38.4 Å². The number of furan rings is 1. The third-order valence-corrected chi connectivity index (χ3v) is 3.97. The summed E-state index contributed by atoms with van der Waals surface area (Å²) < 4.78 is 9.08. The molecule has 0 bridgehead atoms. The monoisotopic (exact) mass is 314 g/mol. The summed E-state index contributed by atoms with van der Waals surface area (Å²) in [5, 5.41) is 18.9. The van der Waals surface area contributed by atoms with Gasteiger partial charge in [-0.2, -0.15) is 0 Å². The molecule has 23 heavy (non-hydrogen) atoms. The molecule has 1 aromatic carbocycles. The second kappa shape index (κ2) is 6.44. The molecule has 0 amide bonds. The molecule has 3 aromatic rings. The molecule has 2 aromatic heterocycles. The van der Waals surface area contributed by atoms with Gasteiger partial charge in [-0.25, -0.2) is 0 Å². The highest BCUT2D eigenvalue weighted by Crippen LogP contribution is 2.19. The Morgan fingerprint density at radius 3 is 2.43 bits per heavy atom. The van der Waals surface area contributed by atoms with Crippen molar-refractivity contribution in [3.8, 4) is 0 Å². The third-order valence-electron chi connectivity index (χ3n) is 3.97. The lowest BCUT2D eigenvalue weighted by atomic mass is 10.2. The summed E-state index contributed by atoms with van der Waals surface area (Å²) in [7, 11) is 4.04. The largest absolute Gasteiger partial charge is 0.467 e. The minimum atomic E-state index is -0.771. The van der Waals surface area contributed by atoms with Gasteiger partial charge in [0, 0.05) is 13.1 Å². The molecule has 0 aliphatic rings. The van der Waals surface area contributed by atoms with Crippen LogP contribution in [0.4, 0.5) is 0 Å². The summed E-state index contributed by atoms with van der Waals surface area (Å²) in [5.74, 6) is 0.516. The molecule has 1 atom stereocenters. The van der Waals surface area contributed by atoms with Crippen LogP contribution in [0.1, 0.15) is 11.9 Å². The van der Waals surface area contributed by atoms with Crippen LogP contribution >= 0.6 is 0 Å². The maximum atomic E-state index is 10.4. The molecule has 0 unspecified atom stereocenters. The number of benzene rings is 1. The normalized spacial score (nSPS) is 13.0. The number of imidazole rings is 1. The molecule has 6 nitrogen and oxygen atoms in total. The summed E-state index contributed by atoms with van der Waals surface area (Å²) in [6.07, 6.45) is 0.776. The Morgan fingerprint density at radius 1 is 1.13 bits per heavy atom. The molecular formula is C17H22N4O2. The molecule has 3 rings (SSSR count). The van der Waals surface area contributed by atoms with Crippen molar-refractivity contribution in [1.29, 1.82) is 5.41 Å². The van der Waals surface area contributed by atoms with E-state index in [0.717, 1.165) is 24.1 Å². The van der Waals surface area contributed by atoms with Crippen molar-refractivity contribution in [1.82, 2.24) is 14.0 Å². The number of likely N-dealkylation sites (N-methyl/N-ethyl adjacent to an activating group) is 1. The van der Waals surface area contributed by atoms with E-state index in [2.05, 4.69) is 4.90 Å². The smallest absolute Gasteiger partial charge is 0.203 e. The van der Waals surface area contributed by atoms with Crippen molar-refractivity contribution in [2.75, 3.05) is 20.6 Å². The predicted molar refractivity (Wildman–Crippen MR) is 88.0 cm³/mol. The van der Waals surface area contributed by atoms with Crippen molar-refractivity contribution in [2.45, 2.75) is 19.2 Å². The Bertz CT molecular complexity index is 830. The summed E-state index contributed by atoms with van der Waals surface area (Å²) in [6, 6.07) is 11.4. The second-order valence-corrected chi connectivity index (χ2v) is 5.91. The predicted octanol–water partition coefficient (Wildman–Crippen LogP) is 1.81. The van der Waals surface area contributed by atoms with Crippen molar-refractivity contribution in [2.24, 2.45) is 0 Å². The number of aliphatic hydroxyl groups excluding tert-OH is 1. The first-order valence-corrected chi connectivity index (χ1v) is 7.67. The van der Waals surface area contributed by atoms with E-state index in [9.17, 15) is 5.11 Å². The number of hydrogen-bond donors (Lipinski definition) is 2. The van der Waals surface area contributed by atoms with Crippen LogP contribution in [0, 0.1) is 5.41 Å². The zero-order valence-electron chi connectivity index (χ0n) is 13.4. The van der Waals surface area contributed by atoms with Crippen molar-refractivity contribution >= 4 is 11.0 Å². The van der Waals surface area contributed by atoms with Crippen molar-refractivity contribution in [3.05, 3.63) is 54.0 Å². The molecule has 0 aliphatic carbocycles. The van der Waals surface area contributed by atoms with Gasteiger partial charge in [-0.3, -0.25) is 5.41 Å². The number of aliphatic hydroxyl groups is 1. The topological polar surface area (TPSA) is 70.3 Å². The quantitative estimate of drug-likeness (QED) is 0.729. The number of nitrogens with zero attached hydrogens (tertiary/aromatic N) is 3. The lowest BCUT2D eigenvalue weighted by Gasteiger charge is -2.11. The Balaban J connectivity index is 1.99. The van der Waals surface area contributed by atoms with Gasteiger partial charge < -0.3 is 23.6 Å². The summed E-state index contributed by atoms with van der Waals surface area (Å²) in [5.41, 5.74) is 2.34. The first-order chi connectivity index (χ1) is 11.1. The van der Waals surface area contributed by atoms with E-state index in [4.69, 9.17) is 9.83 Å². The summed E-state index contributed by atoms with van der Waals surface area (Å²) in [6.45, 7) is 1.88. The number of aromatic nitrogens is 2. The molecule has 2 heterocycles. The number of nitrogens with one attached hydrogen (secondary N) is 1. The second-order valence-electron chi connectivity index (χ2n) is 5.91. The van der Waals surface area contributed by atoms with Gasteiger partial charge in [0.25, 0.3) is 0 Å². The van der Waals surface area contributed by atoms with E-state index in [1.807, 2.05) is 47.5 Å². The zero-order valence-corrected chi connectivity index (χ0v) is 13.4. The molecule has 0 spiro atoms. The van der Waals surface area contributed by atoms with Gasteiger partial charge in [0.15, 0.2) is 0 Å². The average Bonchev–Trinajstić information content (AvgIpc) is 3.14. The highest BCUT2D eigenvalue weighted by molar-refractivity contribution is 5.75. The molecule has 0 radical (unpaired) electrons. The van der Waals surface area contributed by atoms with Crippen LogP contribution in [0.5, 0.6) is 0 Å². The number of rotatable bonds is 6. The van der Waals surface area contributed by atoms with Crippen LogP contribution in [0.2, 0.25) is 0 Å². The summed E-state index contributed by atoms with van der Waals surface area (Å²) in [4.78, 5) is 2.09. The third kappa shape index (κ3) is 3.09. The van der Waals surface area contributed by atoms with Crippen molar-refractivity contribution < 1.29 is 9.52 Å². The molecule has 122 valence electrons. The van der Waals surface area contributed by atoms with E-state index < -0.39 is 6.10 Å². The molecule has 2 N–H and O–H groups in total. The first kappa shape index (κ1) is 15.6. The van der Waals surface area contributed by atoms with E-state index in [-0.39, 0.29) is 0 Å². The Hall–Kier alpha value is -2.31. The molecule has 0 saturated carbocycles. The summed E-state index contributed by atoms with van der Waals surface area (Å²) >= 11 is 0. The Kier molecular flexibility index (Phi) is 4.36. The highest BCUT2D eigenvalue weighted by Gasteiger charge is 2.16. The van der Waals surface area contributed by atoms with Gasteiger partial charge in [-0.1, -0.05) is 12.1 Å². The highest BCUT2D eigenvalue weighted by atomic mass is 16.4. The van der Waals surface area contributed by atoms with E-state index in [1.165, 1.54) is 0 Å². The van der Waals surface area contributed by atoms with E-state index in [0.29, 0.717) is 17.9 Å². The number of hydrogen-bond acceptors (Lipinski definition) is 4. The lowest BCUT2D eigenvalue weighted by Crippen LogP contribution is -2.29. The number of fused-ring (bicyclic) bond motifs is 1. The molecule has 0 aliphatic heterocycles. The van der Waals surface area contributed by atoms with Gasteiger partial charge in [0.2, 0.25) is 5.62 Å². The van der Waals surface area contributed by atoms with Crippen molar-refractivity contribution in [3.63, 3.8) is 0 Å². The molecular weight excluding hydrogens is 292 g/mol. The Labute approximate surface area is 134 Å². The van der Waals surface area contributed by atoms with E-state index in [1.54, 1.807) is 18.4 Å². The van der Waals surface area contributed by atoms with Crippen LogP contribution in [-0.2, 0) is 13.1 Å². The minimum Gasteiger partial charge on any atom is -0.467 e. The fourth-order valence-corrected chi connectivity index (χ4v) is 2.75. The van der Waals surface area contributed by atoms with Gasteiger partial charge in [0.05, 0.1) is 23.8 Å². The van der Waals surface area contributed by atoms with Crippen LogP contribution in [0.3, 0.4) is 0 Å². The molecule has 6 heteroatoms. The Morgan fingerprint density at radius 2 is 1.83 bits per heavy atom. The first-order valence-electron chi connectivity index (χ1n) is 7.67. The number of para-hydroxylation sites is 2. The zero-order chi connectivity index (χ0) is 16.4. The van der Waals surface area contributed by atoms with Gasteiger partial charge >= 0.3 is 0 Å². The fraction of sp³-hybridized carbons (Fsp3) is 0.353. The van der Waals surface area contributed by atoms with E-state index >= 15 is 0 Å². The van der Waals surface area contributed by atoms with Crippen LogP contribution in [0.15, 0.2) is 47.1 Å². The van der Waals surface area contributed by atoms with Crippen LogP contribution < -0.4 is 5.62 Å². The minimum absolute atomic E-state index is 0.293.